The molecule has 18 heavy (non-hydrogen) atoms. The van der Waals surface area contributed by atoms with Crippen molar-refractivity contribution in [2.75, 3.05) is 0 Å². The van der Waals surface area contributed by atoms with Crippen LogP contribution in [0.3, 0.4) is 0 Å². The van der Waals surface area contributed by atoms with E-state index in [1.165, 1.54) is 11.1 Å². The molecule has 0 fully saturated rings. The normalized spacial score (nSPS) is 10.9. The molecule has 3 heteroatoms. The van der Waals surface area contributed by atoms with E-state index in [9.17, 15) is 0 Å². The van der Waals surface area contributed by atoms with Gasteiger partial charge in [-0.3, -0.25) is 0 Å². The Labute approximate surface area is 118 Å². The molecule has 0 bridgehead atoms. The molecule has 0 heterocycles. The molecule has 0 aliphatic rings. The first-order valence-electron chi connectivity index (χ1n) is 5.88. The molecule has 0 amide bonds. The summed E-state index contributed by atoms with van der Waals surface area (Å²) in [6.07, 6.45) is 1.69. The lowest BCUT2D eigenvalue weighted by atomic mass is 10.00. The molecule has 0 aliphatic heterocycles. The number of nitrogens with two attached hydrogens (primary N) is 1. The van der Waals surface area contributed by atoms with E-state index >= 15 is 0 Å². The number of hydrogen-bond acceptors (Lipinski definition) is 1. The Hall–Kier alpha value is -1.02. The molecule has 0 aromatic heterocycles. The topological polar surface area (TPSA) is 26.0 Å². The second kappa shape index (κ2) is 6.24. The van der Waals surface area contributed by atoms with Gasteiger partial charge in [0, 0.05) is 16.1 Å². The molecule has 94 valence electrons. The Balaban J connectivity index is 1.94. The lowest BCUT2D eigenvalue weighted by molar-refractivity contribution is 0.665. The van der Waals surface area contributed by atoms with Gasteiger partial charge in [-0.15, -0.1) is 0 Å². The third-order valence-electron chi connectivity index (χ3n) is 2.82. The van der Waals surface area contributed by atoms with Gasteiger partial charge >= 0.3 is 0 Å². The van der Waals surface area contributed by atoms with Crippen LogP contribution in [0.1, 0.15) is 11.1 Å². The molecule has 0 aliphatic carbocycles. The van der Waals surface area contributed by atoms with Crippen molar-refractivity contribution in [3.63, 3.8) is 0 Å². The zero-order valence-electron chi connectivity index (χ0n) is 9.94. The van der Waals surface area contributed by atoms with Gasteiger partial charge < -0.3 is 5.73 Å². The Morgan fingerprint density at radius 2 is 1.06 bits per heavy atom. The molecule has 2 rings (SSSR count). The summed E-state index contributed by atoms with van der Waals surface area (Å²) in [7, 11) is 0. The van der Waals surface area contributed by atoms with Gasteiger partial charge in [0.05, 0.1) is 0 Å². The average Bonchev–Trinajstić information content (AvgIpc) is 2.35. The van der Waals surface area contributed by atoms with Crippen LogP contribution in [0.5, 0.6) is 0 Å². The maximum atomic E-state index is 6.15. The van der Waals surface area contributed by atoms with Gasteiger partial charge in [0.25, 0.3) is 0 Å². The van der Waals surface area contributed by atoms with Gasteiger partial charge in [-0.25, -0.2) is 0 Å². The van der Waals surface area contributed by atoms with Crippen molar-refractivity contribution in [3.05, 3.63) is 69.7 Å². The number of hydrogen-bond donors (Lipinski definition) is 1. The molecule has 0 saturated carbocycles. The molecule has 0 unspecified atom stereocenters. The predicted molar refractivity (Wildman–Crippen MR) is 78.3 cm³/mol. The smallest absolute Gasteiger partial charge is 0.0406 e. The minimum atomic E-state index is 0.104. The van der Waals surface area contributed by atoms with Crippen molar-refractivity contribution in [2.24, 2.45) is 5.73 Å². The van der Waals surface area contributed by atoms with E-state index in [1.807, 2.05) is 48.5 Å². The van der Waals surface area contributed by atoms with E-state index in [0.717, 1.165) is 22.9 Å². The molecular formula is C15H15Cl2N. The zero-order chi connectivity index (χ0) is 13.0. The molecule has 2 aromatic rings. The van der Waals surface area contributed by atoms with E-state index in [2.05, 4.69) is 0 Å². The monoisotopic (exact) mass is 279 g/mol. The standard InChI is InChI=1S/C15H15Cl2N/c16-13-5-1-11(2-6-13)9-15(18)10-12-3-7-14(17)8-4-12/h1-8,15H,9-10,18H2. The van der Waals surface area contributed by atoms with Crippen molar-refractivity contribution < 1.29 is 0 Å². The van der Waals surface area contributed by atoms with Crippen LogP contribution >= 0.6 is 23.2 Å². The van der Waals surface area contributed by atoms with Crippen molar-refractivity contribution >= 4 is 23.2 Å². The van der Waals surface area contributed by atoms with Crippen LogP contribution in [-0.2, 0) is 12.8 Å². The first-order valence-corrected chi connectivity index (χ1v) is 6.63. The van der Waals surface area contributed by atoms with E-state index in [4.69, 9.17) is 28.9 Å². The van der Waals surface area contributed by atoms with Gasteiger partial charge in [0.1, 0.15) is 0 Å². The summed E-state index contributed by atoms with van der Waals surface area (Å²) in [4.78, 5) is 0. The quantitative estimate of drug-likeness (QED) is 0.896. The van der Waals surface area contributed by atoms with Gasteiger partial charge in [0.2, 0.25) is 0 Å². The fraction of sp³-hybridized carbons (Fsp3) is 0.200. The largest absolute Gasteiger partial charge is 0.327 e. The van der Waals surface area contributed by atoms with Crippen molar-refractivity contribution in [3.8, 4) is 0 Å². The molecule has 2 N–H and O–H groups in total. The van der Waals surface area contributed by atoms with Crippen LogP contribution in [-0.4, -0.2) is 6.04 Å². The molecular weight excluding hydrogens is 265 g/mol. The number of halogens is 2. The van der Waals surface area contributed by atoms with Crippen LogP contribution in [0.4, 0.5) is 0 Å². The Kier molecular flexibility index (Phi) is 4.65. The summed E-state index contributed by atoms with van der Waals surface area (Å²) in [5.74, 6) is 0. The third-order valence-corrected chi connectivity index (χ3v) is 3.33. The summed E-state index contributed by atoms with van der Waals surface area (Å²) < 4.78 is 0. The van der Waals surface area contributed by atoms with E-state index in [1.54, 1.807) is 0 Å². The highest BCUT2D eigenvalue weighted by Crippen LogP contribution is 2.14. The molecule has 0 radical (unpaired) electrons. The lowest BCUT2D eigenvalue weighted by Gasteiger charge is -2.12. The van der Waals surface area contributed by atoms with E-state index in [0.29, 0.717) is 0 Å². The van der Waals surface area contributed by atoms with Crippen molar-refractivity contribution in [1.82, 2.24) is 0 Å². The lowest BCUT2D eigenvalue weighted by Crippen LogP contribution is -2.25. The highest BCUT2D eigenvalue weighted by atomic mass is 35.5. The molecule has 0 spiro atoms. The Morgan fingerprint density at radius 1 is 0.722 bits per heavy atom. The van der Waals surface area contributed by atoms with Gasteiger partial charge in [-0.2, -0.15) is 0 Å². The Bertz CT molecular complexity index is 443. The highest BCUT2D eigenvalue weighted by molar-refractivity contribution is 6.30. The second-order valence-electron chi connectivity index (χ2n) is 4.42. The first kappa shape index (κ1) is 13.4. The summed E-state index contributed by atoms with van der Waals surface area (Å²) in [5.41, 5.74) is 8.57. The van der Waals surface area contributed by atoms with Gasteiger partial charge in [-0.1, -0.05) is 47.5 Å². The Morgan fingerprint density at radius 3 is 1.39 bits per heavy atom. The SMILES string of the molecule is NC(Cc1ccc(Cl)cc1)Cc1ccc(Cl)cc1. The number of benzene rings is 2. The minimum Gasteiger partial charge on any atom is -0.327 e. The van der Waals surface area contributed by atoms with Crippen molar-refractivity contribution in [1.29, 1.82) is 0 Å². The van der Waals surface area contributed by atoms with Crippen LogP contribution in [0.25, 0.3) is 0 Å². The van der Waals surface area contributed by atoms with E-state index < -0.39 is 0 Å². The van der Waals surface area contributed by atoms with Crippen LogP contribution in [0.2, 0.25) is 10.0 Å². The molecule has 1 nitrogen and oxygen atoms in total. The second-order valence-corrected chi connectivity index (χ2v) is 5.29. The average molecular weight is 280 g/mol. The van der Waals surface area contributed by atoms with Gasteiger partial charge in [-0.05, 0) is 48.2 Å². The maximum Gasteiger partial charge on any atom is 0.0406 e. The molecule has 0 atom stereocenters. The van der Waals surface area contributed by atoms with Gasteiger partial charge in [0.15, 0.2) is 0 Å². The predicted octanol–water partition coefficient (Wildman–Crippen LogP) is 4.11. The molecule has 2 aromatic carbocycles. The van der Waals surface area contributed by atoms with Crippen LogP contribution in [0, 0.1) is 0 Å². The fourth-order valence-electron chi connectivity index (χ4n) is 1.92. The highest BCUT2D eigenvalue weighted by Gasteiger charge is 2.05. The molecule has 0 saturated heterocycles. The first-order chi connectivity index (χ1) is 8.63. The summed E-state index contributed by atoms with van der Waals surface area (Å²) >= 11 is 11.7. The van der Waals surface area contributed by atoms with E-state index in [-0.39, 0.29) is 6.04 Å². The zero-order valence-corrected chi connectivity index (χ0v) is 11.5. The number of rotatable bonds is 4. The summed E-state index contributed by atoms with van der Waals surface area (Å²) in [6.45, 7) is 0. The van der Waals surface area contributed by atoms with Crippen molar-refractivity contribution in [2.45, 2.75) is 18.9 Å². The summed E-state index contributed by atoms with van der Waals surface area (Å²) in [5, 5.41) is 1.51. The van der Waals surface area contributed by atoms with Crippen LogP contribution < -0.4 is 5.73 Å². The minimum absolute atomic E-state index is 0.104. The van der Waals surface area contributed by atoms with Crippen LogP contribution in [0.15, 0.2) is 48.5 Å². The third kappa shape index (κ3) is 4.02. The summed E-state index contributed by atoms with van der Waals surface area (Å²) in [6, 6.07) is 15.8. The fourth-order valence-corrected chi connectivity index (χ4v) is 2.17. The maximum absolute atomic E-state index is 6.15.